The number of thioether (sulfide) groups is 1. The van der Waals surface area contributed by atoms with Gasteiger partial charge in [-0.05, 0) is 36.8 Å². The highest BCUT2D eigenvalue weighted by atomic mass is 35.5. The lowest BCUT2D eigenvalue weighted by atomic mass is 10.1. The van der Waals surface area contributed by atoms with E-state index in [1.165, 1.54) is 11.8 Å². The number of aromatic nitrogens is 1. The number of hydrogen-bond donors (Lipinski definition) is 1. The molecule has 116 valence electrons. The second kappa shape index (κ2) is 8.42. The molecule has 0 saturated carbocycles. The number of nitrogens with zero attached hydrogens (tertiary/aromatic N) is 1. The molecule has 1 atom stereocenters. The summed E-state index contributed by atoms with van der Waals surface area (Å²) >= 11 is 13.4. The number of hydrogen-bond acceptors (Lipinski definition) is 3. The van der Waals surface area contributed by atoms with Gasteiger partial charge < -0.3 is 5.32 Å². The van der Waals surface area contributed by atoms with Crippen LogP contribution in [0.2, 0.25) is 10.0 Å². The van der Waals surface area contributed by atoms with E-state index in [1.54, 1.807) is 18.3 Å². The zero-order valence-electron chi connectivity index (χ0n) is 12.1. The van der Waals surface area contributed by atoms with E-state index in [1.807, 2.05) is 31.2 Å². The number of halogens is 2. The summed E-state index contributed by atoms with van der Waals surface area (Å²) in [7, 11) is 0. The van der Waals surface area contributed by atoms with Gasteiger partial charge in [0.25, 0.3) is 0 Å². The van der Waals surface area contributed by atoms with Crippen molar-refractivity contribution in [1.82, 2.24) is 10.3 Å². The van der Waals surface area contributed by atoms with E-state index in [9.17, 15) is 4.79 Å². The smallest absolute Gasteiger partial charge is 0.230 e. The van der Waals surface area contributed by atoms with Gasteiger partial charge >= 0.3 is 0 Å². The Bertz CT molecular complexity index is 637. The second-order valence-electron chi connectivity index (χ2n) is 4.78. The number of carbonyl (C=O) groups excluding carboxylic acids is 1. The minimum absolute atomic E-state index is 0.0143. The van der Waals surface area contributed by atoms with Crippen LogP contribution in [0.15, 0.2) is 42.6 Å². The summed E-state index contributed by atoms with van der Waals surface area (Å²) in [6, 6.07) is 11.0. The van der Waals surface area contributed by atoms with Crippen LogP contribution in [0.5, 0.6) is 0 Å². The summed E-state index contributed by atoms with van der Waals surface area (Å²) in [4.78, 5) is 16.2. The maximum atomic E-state index is 12.0. The fraction of sp³-hybridized carbons (Fsp3) is 0.250. The van der Waals surface area contributed by atoms with Gasteiger partial charge in [-0.15, -0.1) is 11.8 Å². The number of nitrogens with one attached hydrogen (secondary N) is 1. The topological polar surface area (TPSA) is 42.0 Å². The Morgan fingerprint density at radius 2 is 2.09 bits per heavy atom. The number of pyridine rings is 1. The fourth-order valence-corrected chi connectivity index (χ4v) is 2.94. The zero-order chi connectivity index (χ0) is 15.9. The molecule has 2 rings (SSSR count). The SMILES string of the molecule is CC(NC(=O)CSCc1ccccn1)c1ccc(Cl)c(Cl)c1. The van der Waals surface area contributed by atoms with Crippen LogP contribution in [-0.4, -0.2) is 16.6 Å². The minimum atomic E-state index is -0.113. The van der Waals surface area contributed by atoms with Gasteiger partial charge in [0.2, 0.25) is 5.91 Å². The van der Waals surface area contributed by atoms with E-state index < -0.39 is 0 Å². The maximum Gasteiger partial charge on any atom is 0.230 e. The van der Waals surface area contributed by atoms with E-state index in [0.29, 0.717) is 15.8 Å². The molecular formula is C16H16Cl2N2OS. The predicted octanol–water partition coefficient (Wildman–Crippen LogP) is 4.50. The molecule has 0 saturated heterocycles. The Labute approximate surface area is 144 Å². The van der Waals surface area contributed by atoms with E-state index in [2.05, 4.69) is 10.3 Å². The van der Waals surface area contributed by atoms with Crippen LogP contribution in [0.3, 0.4) is 0 Å². The average Bonchev–Trinajstić information content (AvgIpc) is 2.51. The van der Waals surface area contributed by atoms with Crippen LogP contribution in [0.25, 0.3) is 0 Å². The molecule has 1 heterocycles. The molecule has 0 bridgehead atoms. The summed E-state index contributed by atoms with van der Waals surface area (Å²) in [5, 5.41) is 3.95. The number of rotatable bonds is 6. The number of amides is 1. The van der Waals surface area contributed by atoms with Gasteiger partial charge in [0.15, 0.2) is 0 Å². The van der Waals surface area contributed by atoms with Crippen molar-refractivity contribution >= 4 is 40.9 Å². The standard InChI is InChI=1S/C16H16Cl2N2OS/c1-11(12-5-6-14(17)15(18)8-12)20-16(21)10-22-9-13-4-2-3-7-19-13/h2-8,11H,9-10H2,1H3,(H,20,21). The highest BCUT2D eigenvalue weighted by molar-refractivity contribution is 7.99. The first-order chi connectivity index (χ1) is 10.6. The summed E-state index contributed by atoms with van der Waals surface area (Å²) in [5.41, 5.74) is 1.90. The van der Waals surface area contributed by atoms with Gasteiger partial charge in [0.1, 0.15) is 0 Å². The molecule has 1 aromatic heterocycles. The molecule has 1 amide bonds. The highest BCUT2D eigenvalue weighted by Gasteiger charge is 2.11. The normalized spacial score (nSPS) is 12.0. The Kier molecular flexibility index (Phi) is 6.55. The average molecular weight is 355 g/mol. The van der Waals surface area contributed by atoms with Gasteiger partial charge in [-0.2, -0.15) is 0 Å². The third-order valence-corrected chi connectivity index (χ3v) is 4.74. The third-order valence-electron chi connectivity index (χ3n) is 3.03. The fourth-order valence-electron chi connectivity index (χ4n) is 1.88. The quantitative estimate of drug-likeness (QED) is 0.830. The molecule has 0 radical (unpaired) electrons. The summed E-state index contributed by atoms with van der Waals surface area (Å²) < 4.78 is 0. The Morgan fingerprint density at radius 1 is 1.27 bits per heavy atom. The van der Waals surface area contributed by atoms with Crippen molar-refractivity contribution in [2.75, 3.05) is 5.75 Å². The van der Waals surface area contributed by atoms with Crippen molar-refractivity contribution in [2.45, 2.75) is 18.7 Å². The van der Waals surface area contributed by atoms with Crippen LogP contribution in [-0.2, 0) is 10.5 Å². The number of benzene rings is 1. The van der Waals surface area contributed by atoms with E-state index >= 15 is 0 Å². The highest BCUT2D eigenvalue weighted by Crippen LogP contribution is 2.25. The molecule has 1 aromatic carbocycles. The van der Waals surface area contributed by atoms with Crippen LogP contribution < -0.4 is 5.32 Å². The van der Waals surface area contributed by atoms with E-state index in [4.69, 9.17) is 23.2 Å². The van der Waals surface area contributed by atoms with Crippen LogP contribution in [0.4, 0.5) is 0 Å². The van der Waals surface area contributed by atoms with Crippen molar-refractivity contribution in [3.8, 4) is 0 Å². The lowest BCUT2D eigenvalue weighted by Crippen LogP contribution is -2.28. The molecule has 2 aromatic rings. The van der Waals surface area contributed by atoms with E-state index in [0.717, 1.165) is 17.0 Å². The molecule has 3 nitrogen and oxygen atoms in total. The van der Waals surface area contributed by atoms with Crippen molar-refractivity contribution < 1.29 is 4.79 Å². The first-order valence-electron chi connectivity index (χ1n) is 6.78. The largest absolute Gasteiger partial charge is 0.349 e. The van der Waals surface area contributed by atoms with Crippen LogP contribution in [0.1, 0.15) is 24.2 Å². The molecule has 1 N–H and O–H groups in total. The molecule has 6 heteroatoms. The first-order valence-corrected chi connectivity index (χ1v) is 8.69. The second-order valence-corrected chi connectivity index (χ2v) is 6.58. The monoisotopic (exact) mass is 354 g/mol. The lowest BCUT2D eigenvalue weighted by molar-refractivity contribution is -0.119. The predicted molar refractivity (Wildman–Crippen MR) is 93.4 cm³/mol. The maximum absolute atomic E-state index is 12.0. The minimum Gasteiger partial charge on any atom is -0.349 e. The van der Waals surface area contributed by atoms with Crippen LogP contribution >= 0.6 is 35.0 Å². The summed E-state index contributed by atoms with van der Waals surface area (Å²) in [6.45, 7) is 1.92. The first kappa shape index (κ1) is 17.1. The Balaban J connectivity index is 1.80. The molecule has 0 fully saturated rings. The van der Waals surface area contributed by atoms with Gasteiger partial charge in [-0.1, -0.05) is 35.3 Å². The van der Waals surface area contributed by atoms with E-state index in [-0.39, 0.29) is 11.9 Å². The van der Waals surface area contributed by atoms with Gasteiger partial charge in [-0.25, -0.2) is 0 Å². The van der Waals surface area contributed by atoms with Gasteiger partial charge in [0.05, 0.1) is 27.5 Å². The number of carbonyl (C=O) groups is 1. The van der Waals surface area contributed by atoms with Gasteiger partial charge in [-0.3, -0.25) is 9.78 Å². The lowest BCUT2D eigenvalue weighted by Gasteiger charge is -2.15. The molecule has 1 unspecified atom stereocenters. The Morgan fingerprint density at radius 3 is 2.77 bits per heavy atom. The molecule has 0 aliphatic rings. The summed E-state index contributed by atoms with van der Waals surface area (Å²) in [5.74, 6) is 1.09. The molecule has 0 aliphatic carbocycles. The molecule has 0 aliphatic heterocycles. The van der Waals surface area contributed by atoms with Crippen molar-refractivity contribution in [1.29, 1.82) is 0 Å². The van der Waals surface area contributed by atoms with Crippen molar-refractivity contribution in [3.05, 3.63) is 63.9 Å². The van der Waals surface area contributed by atoms with Gasteiger partial charge in [0, 0.05) is 11.9 Å². The van der Waals surface area contributed by atoms with Crippen LogP contribution in [0, 0.1) is 0 Å². The van der Waals surface area contributed by atoms with Crippen molar-refractivity contribution in [2.24, 2.45) is 0 Å². The summed E-state index contributed by atoms with van der Waals surface area (Å²) in [6.07, 6.45) is 1.75. The molecule has 0 spiro atoms. The molecule has 22 heavy (non-hydrogen) atoms. The zero-order valence-corrected chi connectivity index (χ0v) is 14.4. The molecular weight excluding hydrogens is 339 g/mol. The Hall–Kier alpha value is -1.23. The third kappa shape index (κ3) is 5.20. The van der Waals surface area contributed by atoms with Crippen molar-refractivity contribution in [3.63, 3.8) is 0 Å².